The van der Waals surface area contributed by atoms with Crippen molar-refractivity contribution >= 4 is 23.2 Å². The fraction of sp³-hybridized carbons (Fsp3) is 0.467. The monoisotopic (exact) mass is 776 g/mol. The van der Waals surface area contributed by atoms with Gasteiger partial charge in [0, 0.05) is 29.8 Å². The Kier molecular flexibility index (Phi) is 8.43. The van der Waals surface area contributed by atoms with Crippen LogP contribution in [0, 0.1) is 11.3 Å². The van der Waals surface area contributed by atoms with Crippen LogP contribution in [-0.2, 0) is 15.4 Å². The van der Waals surface area contributed by atoms with Crippen LogP contribution >= 0.6 is 0 Å². The van der Waals surface area contributed by atoms with Crippen LogP contribution in [0.25, 0.3) is 44.5 Å². The number of imidazole rings is 2. The number of halogens is 2. The van der Waals surface area contributed by atoms with E-state index in [0.717, 1.165) is 48.7 Å². The third kappa shape index (κ3) is 6.64. The molecule has 2 amide bonds. The average Bonchev–Trinajstić information content (AvgIpc) is 3.66. The van der Waals surface area contributed by atoms with E-state index in [1.54, 1.807) is 40.3 Å². The molecule has 3 aromatic carbocycles. The minimum Gasteiger partial charge on any atom is -0.444 e. The van der Waals surface area contributed by atoms with Gasteiger partial charge < -0.3 is 19.4 Å². The van der Waals surface area contributed by atoms with Crippen molar-refractivity contribution in [2.75, 3.05) is 13.1 Å². The lowest BCUT2D eigenvalue weighted by atomic mass is 9.97. The fourth-order valence-corrected chi connectivity index (χ4v) is 9.10. The first kappa shape index (κ1) is 37.3. The predicted molar refractivity (Wildman–Crippen MR) is 214 cm³/mol. The molecule has 5 aromatic rings. The Morgan fingerprint density at radius 2 is 1.44 bits per heavy atom. The number of rotatable bonds is 5. The molecule has 0 unspecified atom stereocenters. The number of likely N-dealkylation sites (tertiary alicyclic amines) is 2. The molecule has 3 fully saturated rings. The molecule has 4 heterocycles. The normalized spacial score (nSPS) is 21.9. The summed E-state index contributed by atoms with van der Waals surface area (Å²) in [5.74, 6) is -1.67. The molecule has 10 nitrogen and oxygen atoms in total. The maximum absolute atomic E-state index is 16.5. The molecule has 2 aliphatic carbocycles. The van der Waals surface area contributed by atoms with Crippen LogP contribution in [-0.4, -0.2) is 66.2 Å². The Labute approximate surface area is 331 Å². The summed E-state index contributed by atoms with van der Waals surface area (Å²) in [7, 11) is 0. The first-order valence-corrected chi connectivity index (χ1v) is 20.1. The second kappa shape index (κ2) is 12.9. The van der Waals surface area contributed by atoms with Crippen molar-refractivity contribution in [3.63, 3.8) is 0 Å². The number of carbonyl (C=O) groups is 2. The zero-order valence-electron chi connectivity index (χ0n) is 33.6. The first-order chi connectivity index (χ1) is 26.9. The van der Waals surface area contributed by atoms with E-state index >= 15 is 8.78 Å². The van der Waals surface area contributed by atoms with E-state index in [1.165, 1.54) is 0 Å². The lowest BCUT2D eigenvalue weighted by molar-refractivity contribution is 0.0192. The Morgan fingerprint density at radius 1 is 0.825 bits per heavy atom. The zero-order chi connectivity index (χ0) is 40.2. The minimum atomic E-state index is -3.23. The van der Waals surface area contributed by atoms with Crippen molar-refractivity contribution in [2.45, 2.75) is 110 Å². The van der Waals surface area contributed by atoms with Crippen LogP contribution in [0.3, 0.4) is 0 Å². The zero-order valence-corrected chi connectivity index (χ0v) is 33.6. The van der Waals surface area contributed by atoms with Crippen molar-refractivity contribution in [3.8, 4) is 33.5 Å². The molecule has 57 heavy (non-hydrogen) atoms. The predicted octanol–water partition coefficient (Wildman–Crippen LogP) is 10.9. The number of aromatic amines is 2. The van der Waals surface area contributed by atoms with E-state index in [4.69, 9.17) is 14.5 Å². The fourth-order valence-electron chi connectivity index (χ4n) is 9.10. The van der Waals surface area contributed by atoms with Gasteiger partial charge in [0.1, 0.15) is 22.9 Å². The highest BCUT2D eigenvalue weighted by Crippen LogP contribution is 2.59. The molecule has 2 aromatic heterocycles. The van der Waals surface area contributed by atoms with E-state index in [0.29, 0.717) is 52.7 Å². The summed E-state index contributed by atoms with van der Waals surface area (Å²) in [5.41, 5.74) is 3.94. The summed E-state index contributed by atoms with van der Waals surface area (Å²) in [6, 6.07) is 15.6. The number of hydrogen-bond acceptors (Lipinski definition) is 6. The van der Waals surface area contributed by atoms with Crippen LogP contribution in [0.5, 0.6) is 0 Å². The van der Waals surface area contributed by atoms with Gasteiger partial charge >= 0.3 is 12.2 Å². The quantitative estimate of drug-likeness (QED) is 0.184. The van der Waals surface area contributed by atoms with Gasteiger partial charge in [-0.2, -0.15) is 8.78 Å². The van der Waals surface area contributed by atoms with Crippen molar-refractivity contribution < 1.29 is 27.8 Å². The third-order valence-electron chi connectivity index (χ3n) is 12.1. The van der Waals surface area contributed by atoms with Gasteiger partial charge in [-0.1, -0.05) is 43.7 Å². The third-order valence-corrected chi connectivity index (χ3v) is 12.1. The number of fused-ring (bicyclic) bond motifs is 4. The highest BCUT2D eigenvalue weighted by Gasteiger charge is 2.55. The summed E-state index contributed by atoms with van der Waals surface area (Å²) in [4.78, 5) is 46.4. The number of nitrogens with zero attached hydrogens (tertiary/aromatic N) is 4. The molecule has 298 valence electrons. The van der Waals surface area contributed by atoms with E-state index in [1.807, 2.05) is 71.9 Å². The smallest absolute Gasteiger partial charge is 0.410 e. The van der Waals surface area contributed by atoms with Crippen LogP contribution in [0.2, 0.25) is 0 Å². The van der Waals surface area contributed by atoms with E-state index in [2.05, 4.69) is 21.9 Å². The van der Waals surface area contributed by atoms with Crippen molar-refractivity contribution in [1.82, 2.24) is 29.7 Å². The molecular weight excluding hydrogens is 727 g/mol. The topological polar surface area (TPSA) is 116 Å². The molecule has 3 atom stereocenters. The number of benzene rings is 3. The van der Waals surface area contributed by atoms with Gasteiger partial charge in [0.25, 0.3) is 5.92 Å². The molecule has 12 heteroatoms. The van der Waals surface area contributed by atoms with E-state index < -0.39 is 17.1 Å². The van der Waals surface area contributed by atoms with Crippen molar-refractivity contribution in [1.29, 1.82) is 0 Å². The molecule has 2 saturated heterocycles. The summed E-state index contributed by atoms with van der Waals surface area (Å²) in [6.45, 7) is 14.5. The van der Waals surface area contributed by atoms with Crippen molar-refractivity contribution in [2.24, 2.45) is 11.3 Å². The Bertz CT molecular complexity index is 2420. The number of amides is 2. The van der Waals surface area contributed by atoms with Gasteiger partial charge in [0.15, 0.2) is 0 Å². The van der Waals surface area contributed by atoms with Crippen LogP contribution in [0.1, 0.15) is 115 Å². The standard InChI is InChI=1S/C45H50F2N6O4/c1-8-25-15-18-52(40(54)56-42(2,3)4)37(25)39-49-33-14-11-27(21-34(33)50-39)26-9-12-29-30-13-10-28(20-32(30)45(46,47)31(29)19-26)35-23-48-38(51-35)36-22-44(16-17-44)24-53(36)41(55)57-43(5,6)7/h9-14,19-21,23,25,36-37H,8,15-18,22,24H2,1-7H3,(H,48,51)(H,49,50)/t25-,36-,37-/m0/s1. The Hall–Kier alpha value is -5.26. The molecule has 1 saturated carbocycles. The van der Waals surface area contributed by atoms with Crippen LogP contribution in [0.15, 0.2) is 60.8 Å². The second-order valence-electron chi connectivity index (χ2n) is 18.5. The molecule has 2 aliphatic heterocycles. The number of ether oxygens (including phenoxy) is 2. The number of H-pyrrole nitrogens is 2. The van der Waals surface area contributed by atoms with Gasteiger partial charge in [-0.3, -0.25) is 9.80 Å². The van der Waals surface area contributed by atoms with Crippen LogP contribution < -0.4 is 0 Å². The molecule has 0 radical (unpaired) electrons. The van der Waals surface area contributed by atoms with Crippen LogP contribution in [0.4, 0.5) is 18.4 Å². The van der Waals surface area contributed by atoms with Gasteiger partial charge in [-0.15, -0.1) is 0 Å². The number of carbonyl (C=O) groups excluding carboxylic acids is 2. The Morgan fingerprint density at radius 3 is 2.09 bits per heavy atom. The van der Waals surface area contributed by atoms with Gasteiger partial charge in [-0.25, -0.2) is 19.6 Å². The van der Waals surface area contributed by atoms with Gasteiger partial charge in [0.2, 0.25) is 0 Å². The Balaban J connectivity index is 0.974. The van der Waals surface area contributed by atoms with Crippen molar-refractivity contribution in [3.05, 3.63) is 83.6 Å². The van der Waals surface area contributed by atoms with E-state index in [-0.39, 0.29) is 46.7 Å². The molecule has 1 spiro atoms. The minimum absolute atomic E-state index is 0.0405. The number of nitrogens with one attached hydrogen (secondary N) is 2. The highest BCUT2D eigenvalue weighted by molar-refractivity contribution is 5.87. The summed E-state index contributed by atoms with van der Waals surface area (Å²) in [5, 5.41) is 0. The number of aromatic nitrogens is 4. The number of alkyl halides is 2. The van der Waals surface area contributed by atoms with Gasteiger partial charge in [-0.05, 0) is 125 Å². The molecule has 2 N–H and O–H groups in total. The van der Waals surface area contributed by atoms with E-state index in [9.17, 15) is 9.59 Å². The number of hydrogen-bond donors (Lipinski definition) is 2. The molecule has 0 bridgehead atoms. The lowest BCUT2D eigenvalue weighted by Crippen LogP contribution is -2.37. The second-order valence-corrected chi connectivity index (χ2v) is 18.5. The SMILES string of the molecule is CC[C@H]1CCN(C(=O)OC(C)(C)C)[C@@H]1c1nc2ccc(-c3ccc4c(c3)C(F)(F)c3cc(-c5cnc([C@@H]6CC7(CC7)CN6C(=O)OC(C)(C)C)[nH]5)ccc3-4)cc2[nH]1. The maximum atomic E-state index is 16.5. The molecule has 9 rings (SSSR count). The average molecular weight is 777 g/mol. The molecule has 4 aliphatic rings. The highest BCUT2D eigenvalue weighted by atomic mass is 19.3. The summed E-state index contributed by atoms with van der Waals surface area (Å²) >= 11 is 0. The van der Waals surface area contributed by atoms with Gasteiger partial charge in [0.05, 0.1) is 35.0 Å². The summed E-state index contributed by atoms with van der Waals surface area (Å²) in [6.07, 6.45) is 5.61. The first-order valence-electron chi connectivity index (χ1n) is 20.1. The largest absolute Gasteiger partial charge is 0.444 e. The molecular formula is C45H50F2N6O4. The lowest BCUT2D eigenvalue weighted by Gasteiger charge is -2.29. The summed E-state index contributed by atoms with van der Waals surface area (Å²) < 4.78 is 44.5. The maximum Gasteiger partial charge on any atom is 0.410 e.